The molecule has 0 N–H and O–H groups in total. The van der Waals surface area contributed by atoms with Crippen molar-refractivity contribution in [3.63, 3.8) is 0 Å². The first-order valence-electron chi connectivity index (χ1n) is 7.77. The standard InChI is InChI=1S/C18H15Cl2N3OS/c1-10-15(12-5-6-13(19)14(20)9-12)16-17(25-10)22-11(2)23(18(16)24)8-4-3-7-21/h5-6,9H,3-4,8H2,1-2H3. The lowest BCUT2D eigenvalue weighted by atomic mass is 10.0. The predicted molar refractivity (Wildman–Crippen MR) is 104 cm³/mol. The molecule has 4 nitrogen and oxygen atoms in total. The van der Waals surface area contributed by atoms with Crippen LogP contribution < -0.4 is 5.56 Å². The third-order valence-electron chi connectivity index (χ3n) is 4.06. The van der Waals surface area contributed by atoms with Crippen molar-refractivity contribution in [1.82, 2.24) is 9.55 Å². The first kappa shape index (κ1) is 17.9. The van der Waals surface area contributed by atoms with Crippen molar-refractivity contribution >= 4 is 44.8 Å². The Balaban J connectivity index is 2.24. The van der Waals surface area contributed by atoms with Gasteiger partial charge in [0.05, 0.1) is 21.5 Å². The fourth-order valence-corrected chi connectivity index (χ4v) is 4.25. The van der Waals surface area contributed by atoms with Gasteiger partial charge in [-0.25, -0.2) is 4.98 Å². The number of halogens is 2. The molecule has 0 radical (unpaired) electrons. The second-order valence-corrected chi connectivity index (χ2v) is 7.74. The summed E-state index contributed by atoms with van der Waals surface area (Å²) in [5.74, 6) is 0.664. The number of hydrogen-bond donors (Lipinski definition) is 0. The molecule has 0 spiro atoms. The molecule has 2 aromatic heterocycles. The van der Waals surface area contributed by atoms with Gasteiger partial charge in [-0.2, -0.15) is 5.26 Å². The molecule has 2 heterocycles. The van der Waals surface area contributed by atoms with E-state index in [-0.39, 0.29) is 5.56 Å². The number of nitriles is 1. The number of fused-ring (bicyclic) bond motifs is 1. The molecule has 0 aliphatic rings. The van der Waals surface area contributed by atoms with Crippen LogP contribution in [0.4, 0.5) is 0 Å². The molecule has 0 bridgehead atoms. The molecule has 0 saturated heterocycles. The van der Waals surface area contributed by atoms with Crippen molar-refractivity contribution < 1.29 is 0 Å². The quantitative estimate of drug-likeness (QED) is 0.562. The maximum absolute atomic E-state index is 13.1. The minimum Gasteiger partial charge on any atom is -0.296 e. The Hall–Kier alpha value is -1.87. The highest BCUT2D eigenvalue weighted by Crippen LogP contribution is 2.38. The van der Waals surface area contributed by atoms with E-state index in [0.717, 1.165) is 20.8 Å². The van der Waals surface area contributed by atoms with Crippen molar-refractivity contribution in [2.24, 2.45) is 0 Å². The molecule has 1 aromatic carbocycles. The molecule has 0 aliphatic carbocycles. The Bertz CT molecular complexity index is 1060. The van der Waals surface area contributed by atoms with Gasteiger partial charge in [-0.05, 0) is 38.0 Å². The summed E-state index contributed by atoms with van der Waals surface area (Å²) in [6.45, 7) is 4.27. The van der Waals surface area contributed by atoms with Crippen LogP contribution in [0.3, 0.4) is 0 Å². The topological polar surface area (TPSA) is 58.7 Å². The zero-order valence-electron chi connectivity index (χ0n) is 13.8. The Morgan fingerprint density at radius 1 is 1.28 bits per heavy atom. The van der Waals surface area contributed by atoms with Gasteiger partial charge >= 0.3 is 0 Å². The summed E-state index contributed by atoms with van der Waals surface area (Å²) in [6.07, 6.45) is 1.03. The van der Waals surface area contributed by atoms with Crippen LogP contribution in [0.25, 0.3) is 21.3 Å². The number of aryl methyl sites for hydroxylation is 2. The molecule has 0 amide bonds. The van der Waals surface area contributed by atoms with Crippen molar-refractivity contribution in [2.45, 2.75) is 33.2 Å². The molecule has 128 valence electrons. The number of hydrogen-bond acceptors (Lipinski definition) is 4. The summed E-state index contributed by atoms with van der Waals surface area (Å²) in [5, 5.41) is 10.3. The van der Waals surface area contributed by atoms with Crippen molar-refractivity contribution in [2.75, 3.05) is 0 Å². The van der Waals surface area contributed by atoms with Gasteiger partial charge in [0.25, 0.3) is 5.56 Å². The normalized spacial score (nSPS) is 11.0. The van der Waals surface area contributed by atoms with E-state index in [1.54, 1.807) is 16.7 Å². The molecule has 0 unspecified atom stereocenters. The van der Waals surface area contributed by atoms with Crippen LogP contribution in [0.2, 0.25) is 10.0 Å². The molecule has 25 heavy (non-hydrogen) atoms. The number of benzene rings is 1. The summed E-state index contributed by atoms with van der Waals surface area (Å²) >= 11 is 13.7. The lowest BCUT2D eigenvalue weighted by Crippen LogP contribution is -2.23. The van der Waals surface area contributed by atoms with Crippen LogP contribution in [-0.2, 0) is 6.54 Å². The van der Waals surface area contributed by atoms with E-state index in [9.17, 15) is 4.79 Å². The second-order valence-electron chi connectivity index (χ2n) is 5.72. The van der Waals surface area contributed by atoms with Crippen molar-refractivity contribution in [3.05, 3.63) is 49.3 Å². The Morgan fingerprint density at radius 2 is 2.04 bits per heavy atom. The van der Waals surface area contributed by atoms with Crippen LogP contribution in [0.5, 0.6) is 0 Å². The minimum atomic E-state index is -0.0779. The van der Waals surface area contributed by atoms with Gasteiger partial charge in [0.15, 0.2) is 0 Å². The lowest BCUT2D eigenvalue weighted by Gasteiger charge is -2.09. The van der Waals surface area contributed by atoms with Crippen molar-refractivity contribution in [3.8, 4) is 17.2 Å². The smallest absolute Gasteiger partial charge is 0.262 e. The maximum Gasteiger partial charge on any atom is 0.262 e. The van der Waals surface area contributed by atoms with Gasteiger partial charge in [-0.1, -0.05) is 29.3 Å². The van der Waals surface area contributed by atoms with Crippen LogP contribution >= 0.6 is 34.5 Å². The Morgan fingerprint density at radius 3 is 2.72 bits per heavy atom. The molecule has 3 rings (SSSR count). The van der Waals surface area contributed by atoms with E-state index in [0.29, 0.717) is 40.6 Å². The third-order valence-corrected chi connectivity index (χ3v) is 5.80. The van der Waals surface area contributed by atoms with E-state index < -0.39 is 0 Å². The summed E-state index contributed by atoms with van der Waals surface area (Å²) in [7, 11) is 0. The highest BCUT2D eigenvalue weighted by Gasteiger charge is 2.19. The molecule has 0 saturated carbocycles. The van der Waals surface area contributed by atoms with Gasteiger partial charge in [0.1, 0.15) is 10.7 Å². The predicted octanol–water partition coefficient (Wildman–Crippen LogP) is 5.35. The minimum absolute atomic E-state index is 0.0779. The van der Waals surface area contributed by atoms with Gasteiger partial charge < -0.3 is 0 Å². The van der Waals surface area contributed by atoms with E-state index in [1.807, 2.05) is 19.9 Å². The molecule has 0 aliphatic heterocycles. The van der Waals surface area contributed by atoms with Gasteiger partial charge in [-0.15, -0.1) is 11.3 Å². The van der Waals surface area contributed by atoms with Crippen LogP contribution in [0.1, 0.15) is 23.5 Å². The molecular weight excluding hydrogens is 377 g/mol. The fourth-order valence-electron chi connectivity index (χ4n) is 2.88. The molecular formula is C18H15Cl2N3OS. The molecule has 0 atom stereocenters. The number of nitrogens with zero attached hydrogens (tertiary/aromatic N) is 3. The van der Waals surface area contributed by atoms with E-state index >= 15 is 0 Å². The molecule has 7 heteroatoms. The third kappa shape index (κ3) is 3.30. The highest BCUT2D eigenvalue weighted by atomic mass is 35.5. The van der Waals surface area contributed by atoms with Crippen LogP contribution in [0.15, 0.2) is 23.0 Å². The highest BCUT2D eigenvalue weighted by molar-refractivity contribution is 7.19. The summed E-state index contributed by atoms with van der Waals surface area (Å²) in [6, 6.07) is 7.48. The zero-order valence-corrected chi connectivity index (χ0v) is 16.1. The van der Waals surface area contributed by atoms with Crippen LogP contribution in [-0.4, -0.2) is 9.55 Å². The van der Waals surface area contributed by atoms with Gasteiger partial charge in [-0.3, -0.25) is 9.36 Å². The average Bonchev–Trinajstić information content (AvgIpc) is 2.89. The first-order valence-corrected chi connectivity index (χ1v) is 9.34. The number of aromatic nitrogens is 2. The largest absolute Gasteiger partial charge is 0.296 e. The Kier molecular flexibility index (Phi) is 5.14. The van der Waals surface area contributed by atoms with E-state index in [2.05, 4.69) is 11.1 Å². The Labute approximate surface area is 159 Å². The summed E-state index contributed by atoms with van der Waals surface area (Å²) in [4.78, 5) is 19.4. The zero-order chi connectivity index (χ0) is 18.1. The maximum atomic E-state index is 13.1. The SMILES string of the molecule is Cc1sc2nc(C)n(CCCC#N)c(=O)c2c1-c1ccc(Cl)c(Cl)c1. The first-order chi connectivity index (χ1) is 11.9. The fraction of sp³-hybridized carbons (Fsp3) is 0.278. The average molecular weight is 392 g/mol. The summed E-state index contributed by atoms with van der Waals surface area (Å²) in [5.41, 5.74) is 1.63. The van der Waals surface area contributed by atoms with E-state index in [1.165, 1.54) is 11.3 Å². The lowest BCUT2D eigenvalue weighted by molar-refractivity contribution is 0.607. The second kappa shape index (κ2) is 7.17. The molecule has 3 aromatic rings. The van der Waals surface area contributed by atoms with Gasteiger partial charge in [0, 0.05) is 23.4 Å². The molecule has 0 fully saturated rings. The number of rotatable bonds is 4. The monoisotopic (exact) mass is 391 g/mol. The van der Waals surface area contributed by atoms with Crippen molar-refractivity contribution in [1.29, 1.82) is 5.26 Å². The van der Waals surface area contributed by atoms with E-state index in [4.69, 9.17) is 28.5 Å². The van der Waals surface area contributed by atoms with Gasteiger partial charge in [0.2, 0.25) is 0 Å². The summed E-state index contributed by atoms with van der Waals surface area (Å²) < 4.78 is 1.65. The number of unbranched alkanes of at least 4 members (excludes halogenated alkanes) is 1. The van der Waals surface area contributed by atoms with Crippen LogP contribution in [0, 0.1) is 25.2 Å². The number of thiophene rings is 1.